The van der Waals surface area contributed by atoms with Gasteiger partial charge in [-0.05, 0) is 43.4 Å². The molecular formula is C46H55N11O8. The maximum Gasteiger partial charge on any atom is 0.246 e. The average Bonchev–Trinajstić information content (AvgIpc) is 4.00. The quantitative estimate of drug-likeness (QED) is 0.0526. The molecule has 342 valence electrons. The van der Waals surface area contributed by atoms with E-state index in [4.69, 9.17) is 10.7 Å². The number of pyridine rings is 2. The summed E-state index contributed by atoms with van der Waals surface area (Å²) >= 11 is 0. The zero-order valence-electron chi connectivity index (χ0n) is 36.7. The predicted molar refractivity (Wildman–Crippen MR) is 239 cm³/mol. The SMILES string of the molecule is CC(=O)N[C@@H](Cc1ccc2ccc3ccc(C)nc3c2n1)C(=O)N[C@H](C(=O)N1CCC[C@H]1C(=O)N[C@H](CO)C(=O)N[C@@H](Cc1ccccc1)C(=O)N[C@@H](Cc1cnc[nH]1)C(N)=O)C(C)C. The number of imidazole rings is 1. The number of hydrogen-bond acceptors (Lipinski definition) is 11. The third-order valence-electron chi connectivity index (χ3n) is 11.3. The molecule has 65 heavy (non-hydrogen) atoms. The number of amides is 7. The zero-order valence-corrected chi connectivity index (χ0v) is 36.7. The molecule has 5 aromatic rings. The monoisotopic (exact) mass is 889 g/mol. The molecule has 0 radical (unpaired) electrons. The highest BCUT2D eigenvalue weighted by Crippen LogP contribution is 2.24. The Labute approximate surface area is 375 Å². The molecule has 9 N–H and O–H groups in total. The van der Waals surface area contributed by atoms with Gasteiger partial charge in [-0.2, -0.15) is 0 Å². The number of H-pyrrole nitrogens is 1. The summed E-state index contributed by atoms with van der Waals surface area (Å²) in [4.78, 5) is 112. The smallest absolute Gasteiger partial charge is 0.246 e. The van der Waals surface area contributed by atoms with Crippen molar-refractivity contribution in [2.75, 3.05) is 13.2 Å². The number of aromatic nitrogens is 4. The highest BCUT2D eigenvalue weighted by atomic mass is 16.3. The normalized spacial score (nSPS) is 16.0. The standard InChI is InChI=1S/C46H55N11O8/c1-25(2)38(56-43(62)35(51-27(4)59)20-31-17-16-30-15-14-29-13-12-26(3)50-39(29)40(30)52-31)46(65)57-18-8-11-37(57)45(64)55-36(23-58)44(63)54-34(19-28-9-6-5-7-10-28)42(61)53-33(41(47)60)21-32-22-48-24-49-32/h5-7,9-10,12-17,22,24-25,33-38,58H,8,11,18-21,23H2,1-4H3,(H2,47,60)(H,48,49)(H,51,59)(H,53,61)(H,54,63)(H,55,64)(H,56,62)/t33-,34-,35-,36+,37-,38-/m0/s1. The van der Waals surface area contributed by atoms with Gasteiger partial charge in [0, 0.05) is 66.8 Å². The van der Waals surface area contributed by atoms with Gasteiger partial charge in [0.2, 0.25) is 41.4 Å². The van der Waals surface area contributed by atoms with Crippen molar-refractivity contribution in [3.05, 3.63) is 102 Å². The van der Waals surface area contributed by atoms with Gasteiger partial charge in [-0.25, -0.2) is 4.98 Å². The first-order valence-electron chi connectivity index (χ1n) is 21.5. The van der Waals surface area contributed by atoms with E-state index in [0.717, 1.165) is 16.5 Å². The van der Waals surface area contributed by atoms with Crippen molar-refractivity contribution in [3.8, 4) is 0 Å². The number of carbonyl (C=O) groups excluding carboxylic acids is 7. The van der Waals surface area contributed by atoms with Crippen LogP contribution in [0.25, 0.3) is 21.8 Å². The third kappa shape index (κ3) is 12.0. The lowest BCUT2D eigenvalue weighted by Crippen LogP contribution is -2.61. The van der Waals surface area contributed by atoms with Crippen molar-refractivity contribution in [3.63, 3.8) is 0 Å². The number of likely N-dealkylation sites (tertiary alicyclic amines) is 1. The summed E-state index contributed by atoms with van der Waals surface area (Å²) < 4.78 is 0. The molecular weight excluding hydrogens is 835 g/mol. The first-order valence-corrected chi connectivity index (χ1v) is 21.5. The van der Waals surface area contributed by atoms with E-state index in [1.807, 2.05) is 37.3 Å². The van der Waals surface area contributed by atoms with Gasteiger partial charge >= 0.3 is 0 Å². The van der Waals surface area contributed by atoms with E-state index in [1.165, 1.54) is 24.3 Å². The van der Waals surface area contributed by atoms with Crippen LogP contribution >= 0.6 is 0 Å². The number of nitrogens with zero attached hydrogens (tertiary/aromatic N) is 4. The van der Waals surface area contributed by atoms with E-state index in [-0.39, 0.29) is 32.2 Å². The molecule has 0 aliphatic carbocycles. The molecule has 19 heteroatoms. The lowest BCUT2D eigenvalue weighted by atomic mass is 10.0. The van der Waals surface area contributed by atoms with Crippen LogP contribution in [0.1, 0.15) is 56.3 Å². The first-order chi connectivity index (χ1) is 31.1. The number of aliphatic hydroxyl groups is 1. The molecule has 19 nitrogen and oxygen atoms in total. The molecule has 0 spiro atoms. The number of aromatic amines is 1. The minimum absolute atomic E-state index is 0.00664. The van der Waals surface area contributed by atoms with Crippen molar-refractivity contribution >= 4 is 63.2 Å². The Kier molecular flexibility index (Phi) is 15.5. The van der Waals surface area contributed by atoms with Crippen molar-refractivity contribution in [2.45, 2.75) is 96.1 Å². The van der Waals surface area contributed by atoms with Crippen molar-refractivity contribution in [1.29, 1.82) is 0 Å². The Hall–Kier alpha value is -7.28. The summed E-state index contributed by atoms with van der Waals surface area (Å²) in [5, 5.41) is 25.3. The predicted octanol–water partition coefficient (Wildman–Crippen LogP) is 0.411. The summed E-state index contributed by atoms with van der Waals surface area (Å²) in [5.74, 6) is -5.28. The highest BCUT2D eigenvalue weighted by molar-refractivity contribution is 6.03. The molecule has 3 aromatic heterocycles. The summed E-state index contributed by atoms with van der Waals surface area (Å²) in [6.45, 7) is 5.97. The fourth-order valence-electron chi connectivity index (χ4n) is 7.84. The molecule has 6 atom stereocenters. The topological polar surface area (TPSA) is 284 Å². The number of aliphatic hydroxyl groups excluding tert-OH is 1. The molecule has 1 aliphatic rings. The average molecular weight is 890 g/mol. The van der Waals surface area contributed by atoms with E-state index in [1.54, 1.807) is 50.2 Å². The van der Waals surface area contributed by atoms with Gasteiger partial charge in [-0.3, -0.25) is 43.5 Å². The van der Waals surface area contributed by atoms with Gasteiger partial charge in [0.25, 0.3) is 0 Å². The summed E-state index contributed by atoms with van der Waals surface area (Å²) in [6, 6.07) is 12.9. The van der Waals surface area contributed by atoms with Crippen LogP contribution in [0.4, 0.5) is 0 Å². The number of aryl methyl sites for hydroxylation is 1. The minimum atomic E-state index is -1.54. The fourth-order valence-corrected chi connectivity index (χ4v) is 7.84. The van der Waals surface area contributed by atoms with Crippen molar-refractivity contribution < 1.29 is 38.7 Å². The summed E-state index contributed by atoms with van der Waals surface area (Å²) in [7, 11) is 0. The second-order valence-electron chi connectivity index (χ2n) is 16.6. The van der Waals surface area contributed by atoms with Gasteiger partial charge in [0.1, 0.15) is 36.3 Å². The Morgan fingerprint density at radius 1 is 0.769 bits per heavy atom. The number of nitrogens with one attached hydrogen (secondary N) is 6. The van der Waals surface area contributed by atoms with Crippen LogP contribution in [0.15, 0.2) is 79.3 Å². The molecule has 4 heterocycles. The van der Waals surface area contributed by atoms with E-state index in [9.17, 15) is 38.7 Å². The molecule has 1 aliphatic heterocycles. The Morgan fingerprint density at radius 3 is 2.05 bits per heavy atom. The number of carbonyl (C=O) groups is 7. The molecule has 6 rings (SSSR count). The molecule has 0 bridgehead atoms. The van der Waals surface area contributed by atoms with Gasteiger partial charge in [-0.1, -0.05) is 68.4 Å². The first kappa shape index (κ1) is 47.2. The highest BCUT2D eigenvalue weighted by Gasteiger charge is 2.41. The van der Waals surface area contributed by atoms with E-state index in [2.05, 4.69) is 41.5 Å². The van der Waals surface area contributed by atoms with Crippen LogP contribution in [0.5, 0.6) is 0 Å². The summed E-state index contributed by atoms with van der Waals surface area (Å²) in [6.07, 6.45) is 3.56. The molecule has 1 fully saturated rings. The number of primary amides is 1. The summed E-state index contributed by atoms with van der Waals surface area (Å²) in [5.41, 5.74) is 9.49. The van der Waals surface area contributed by atoms with Crippen LogP contribution in [0.2, 0.25) is 0 Å². The zero-order chi connectivity index (χ0) is 46.8. The molecule has 0 saturated carbocycles. The van der Waals surface area contributed by atoms with Crippen molar-refractivity contribution in [1.82, 2.24) is 51.4 Å². The maximum atomic E-state index is 14.3. The molecule has 1 saturated heterocycles. The number of fused-ring (bicyclic) bond motifs is 3. The lowest BCUT2D eigenvalue weighted by molar-refractivity contribution is -0.143. The van der Waals surface area contributed by atoms with Crippen molar-refractivity contribution in [2.24, 2.45) is 11.7 Å². The van der Waals surface area contributed by atoms with Gasteiger partial charge in [0.05, 0.1) is 24.0 Å². The fraction of sp³-hybridized carbons (Fsp3) is 0.391. The van der Waals surface area contributed by atoms with Crippen LogP contribution in [0.3, 0.4) is 0 Å². The number of hydrogen-bond donors (Lipinski definition) is 8. The van der Waals surface area contributed by atoms with E-state index >= 15 is 0 Å². The number of benzene rings is 2. The molecule has 2 aromatic carbocycles. The second kappa shape index (κ2) is 21.4. The number of rotatable bonds is 19. The van der Waals surface area contributed by atoms with Crippen LogP contribution in [-0.2, 0) is 52.8 Å². The largest absolute Gasteiger partial charge is 0.394 e. The minimum Gasteiger partial charge on any atom is -0.394 e. The van der Waals surface area contributed by atoms with Gasteiger partial charge < -0.3 is 47.3 Å². The van der Waals surface area contributed by atoms with Gasteiger partial charge in [-0.15, -0.1) is 0 Å². The number of nitrogens with two attached hydrogens (primary N) is 1. The molecule has 7 amide bonds. The van der Waals surface area contributed by atoms with Crippen LogP contribution < -0.4 is 32.3 Å². The Morgan fingerprint density at radius 2 is 1.40 bits per heavy atom. The lowest BCUT2D eigenvalue weighted by Gasteiger charge is -2.32. The van der Waals surface area contributed by atoms with E-state index < -0.39 is 90.1 Å². The van der Waals surface area contributed by atoms with Crippen LogP contribution in [-0.4, -0.2) is 121 Å². The Balaban J connectivity index is 1.13. The second-order valence-corrected chi connectivity index (χ2v) is 16.6. The van der Waals surface area contributed by atoms with Gasteiger partial charge in [0.15, 0.2) is 0 Å². The molecule has 0 unspecified atom stereocenters. The third-order valence-corrected chi connectivity index (χ3v) is 11.3. The van der Waals surface area contributed by atoms with Crippen LogP contribution in [0, 0.1) is 12.8 Å². The van der Waals surface area contributed by atoms with E-state index in [0.29, 0.717) is 34.4 Å². The maximum absolute atomic E-state index is 14.3. The Bertz CT molecular complexity index is 2530.